The summed E-state index contributed by atoms with van der Waals surface area (Å²) in [6, 6.07) is 0. The summed E-state index contributed by atoms with van der Waals surface area (Å²) in [4.78, 5) is 13.5. The lowest BCUT2D eigenvalue weighted by molar-refractivity contribution is -0.141. The van der Waals surface area contributed by atoms with Crippen molar-refractivity contribution in [2.24, 2.45) is 5.92 Å². The number of nitrogens with zero attached hydrogens (tertiary/aromatic N) is 1. The molecule has 106 valence electrons. The number of hydrogen-bond acceptors (Lipinski definition) is 2. The number of carboxylic acids is 1. The predicted octanol–water partition coefficient (Wildman–Crippen LogP) is 3.53. The van der Waals surface area contributed by atoms with Gasteiger partial charge in [-0.3, -0.25) is 4.79 Å². The van der Waals surface area contributed by atoms with Crippen LogP contribution in [0.25, 0.3) is 0 Å². The molecule has 1 aliphatic carbocycles. The van der Waals surface area contributed by atoms with E-state index in [1.807, 2.05) is 0 Å². The molecule has 0 aromatic heterocycles. The summed E-state index contributed by atoms with van der Waals surface area (Å²) in [7, 11) is 2.12. The van der Waals surface area contributed by atoms with E-state index in [-0.39, 0.29) is 5.54 Å². The minimum Gasteiger partial charge on any atom is -0.481 e. The van der Waals surface area contributed by atoms with Gasteiger partial charge in [-0.1, -0.05) is 33.1 Å². The fourth-order valence-corrected chi connectivity index (χ4v) is 3.16. The van der Waals surface area contributed by atoms with Crippen LogP contribution in [-0.2, 0) is 4.79 Å². The molecule has 1 fully saturated rings. The molecular weight excluding hydrogens is 226 g/mol. The summed E-state index contributed by atoms with van der Waals surface area (Å²) in [5.74, 6) is 0.0905. The van der Waals surface area contributed by atoms with Crippen molar-refractivity contribution < 1.29 is 9.90 Å². The highest BCUT2D eigenvalue weighted by atomic mass is 16.4. The second-order valence-electron chi connectivity index (χ2n) is 6.31. The van der Waals surface area contributed by atoms with Crippen molar-refractivity contribution in [1.82, 2.24) is 4.90 Å². The highest BCUT2D eigenvalue weighted by Crippen LogP contribution is 2.36. The lowest BCUT2D eigenvalue weighted by Crippen LogP contribution is -2.49. The van der Waals surface area contributed by atoms with Gasteiger partial charge in [-0.15, -0.1) is 0 Å². The highest BCUT2D eigenvalue weighted by Gasteiger charge is 2.37. The van der Waals surface area contributed by atoms with Crippen molar-refractivity contribution in [3.8, 4) is 0 Å². The monoisotopic (exact) mass is 255 g/mol. The van der Waals surface area contributed by atoms with Crippen LogP contribution in [0.4, 0.5) is 0 Å². The van der Waals surface area contributed by atoms with Gasteiger partial charge in [0.25, 0.3) is 0 Å². The molecule has 0 aromatic rings. The van der Waals surface area contributed by atoms with Gasteiger partial charge < -0.3 is 10.0 Å². The zero-order valence-corrected chi connectivity index (χ0v) is 12.2. The second-order valence-corrected chi connectivity index (χ2v) is 6.31. The van der Waals surface area contributed by atoms with Crippen LogP contribution in [0.15, 0.2) is 0 Å². The molecule has 0 atom stereocenters. The average molecular weight is 255 g/mol. The van der Waals surface area contributed by atoms with Gasteiger partial charge in [0.1, 0.15) is 0 Å². The molecule has 0 aliphatic heterocycles. The van der Waals surface area contributed by atoms with Crippen molar-refractivity contribution in [3.63, 3.8) is 0 Å². The molecule has 0 radical (unpaired) electrons. The third kappa shape index (κ3) is 4.60. The molecule has 0 unspecified atom stereocenters. The van der Waals surface area contributed by atoms with Crippen LogP contribution in [0.5, 0.6) is 0 Å². The van der Waals surface area contributed by atoms with Crippen molar-refractivity contribution in [1.29, 1.82) is 0 Å². The molecule has 0 spiro atoms. The summed E-state index contributed by atoms with van der Waals surface area (Å²) >= 11 is 0. The van der Waals surface area contributed by atoms with E-state index >= 15 is 0 Å². The number of carbonyl (C=O) groups is 1. The molecule has 1 rings (SSSR count). The topological polar surface area (TPSA) is 40.5 Å². The van der Waals surface area contributed by atoms with Gasteiger partial charge in [0.2, 0.25) is 0 Å². The van der Waals surface area contributed by atoms with Crippen LogP contribution in [0, 0.1) is 5.92 Å². The first-order valence-electron chi connectivity index (χ1n) is 7.39. The van der Waals surface area contributed by atoms with Crippen LogP contribution < -0.4 is 0 Å². The van der Waals surface area contributed by atoms with Gasteiger partial charge in [0.15, 0.2) is 0 Å². The molecule has 0 saturated heterocycles. The Balaban J connectivity index is 2.55. The van der Waals surface area contributed by atoms with Crippen LogP contribution in [0.2, 0.25) is 0 Å². The molecule has 1 N–H and O–H groups in total. The summed E-state index contributed by atoms with van der Waals surface area (Å²) in [6.45, 7) is 5.52. The molecule has 18 heavy (non-hydrogen) atoms. The van der Waals surface area contributed by atoms with Crippen LogP contribution in [0.1, 0.15) is 65.2 Å². The van der Waals surface area contributed by atoms with Gasteiger partial charge in [-0.25, -0.2) is 0 Å². The first-order chi connectivity index (χ1) is 8.46. The Morgan fingerprint density at radius 1 is 1.28 bits per heavy atom. The Morgan fingerprint density at radius 2 is 1.89 bits per heavy atom. The number of rotatable bonds is 7. The first kappa shape index (κ1) is 15.5. The maximum Gasteiger partial charge on any atom is 0.305 e. The third-order valence-electron chi connectivity index (χ3n) is 4.35. The number of carboxylic acid groups (broad SMARTS) is 1. The van der Waals surface area contributed by atoms with Crippen molar-refractivity contribution in [3.05, 3.63) is 0 Å². The average Bonchev–Trinajstić information content (AvgIpc) is 2.28. The fourth-order valence-electron chi connectivity index (χ4n) is 3.16. The lowest BCUT2D eigenvalue weighted by atomic mass is 9.78. The van der Waals surface area contributed by atoms with Gasteiger partial charge >= 0.3 is 5.97 Å². The Labute approximate surface area is 112 Å². The lowest BCUT2D eigenvalue weighted by Gasteiger charge is -2.44. The van der Waals surface area contributed by atoms with E-state index in [0.717, 1.165) is 25.3 Å². The molecule has 3 nitrogen and oxygen atoms in total. The van der Waals surface area contributed by atoms with E-state index in [2.05, 4.69) is 25.8 Å². The summed E-state index contributed by atoms with van der Waals surface area (Å²) < 4.78 is 0. The summed E-state index contributed by atoms with van der Waals surface area (Å²) in [5.41, 5.74) is -0.0684. The van der Waals surface area contributed by atoms with E-state index < -0.39 is 5.97 Å². The fraction of sp³-hybridized carbons (Fsp3) is 0.933. The SMILES string of the molecule is CC(C)CCCN(C)C1(CC(=O)O)CCCCC1. The standard InChI is InChI=1S/C15H29NO2/c1-13(2)8-7-11-16(3)15(12-14(17)18)9-5-4-6-10-15/h13H,4-12H2,1-3H3,(H,17,18). The Morgan fingerprint density at radius 3 is 2.39 bits per heavy atom. The van der Waals surface area contributed by atoms with Gasteiger partial charge in [0.05, 0.1) is 6.42 Å². The van der Waals surface area contributed by atoms with E-state index in [4.69, 9.17) is 5.11 Å². The van der Waals surface area contributed by atoms with E-state index in [0.29, 0.717) is 6.42 Å². The predicted molar refractivity (Wildman–Crippen MR) is 74.8 cm³/mol. The summed E-state index contributed by atoms with van der Waals surface area (Å²) in [6.07, 6.45) is 8.45. The Hall–Kier alpha value is -0.570. The smallest absolute Gasteiger partial charge is 0.305 e. The molecule has 3 heteroatoms. The minimum absolute atomic E-state index is 0.0684. The number of aliphatic carboxylic acids is 1. The quantitative estimate of drug-likeness (QED) is 0.756. The highest BCUT2D eigenvalue weighted by molar-refractivity contribution is 5.68. The molecule has 0 aromatic carbocycles. The molecule has 1 saturated carbocycles. The van der Waals surface area contributed by atoms with Crippen LogP contribution in [0.3, 0.4) is 0 Å². The summed E-state index contributed by atoms with van der Waals surface area (Å²) in [5, 5.41) is 9.17. The zero-order valence-electron chi connectivity index (χ0n) is 12.2. The van der Waals surface area contributed by atoms with Crippen LogP contribution >= 0.6 is 0 Å². The van der Waals surface area contributed by atoms with Gasteiger partial charge in [-0.05, 0) is 45.2 Å². The van der Waals surface area contributed by atoms with Gasteiger partial charge in [-0.2, -0.15) is 0 Å². The molecular formula is C15H29NO2. The maximum atomic E-state index is 11.1. The molecule has 1 aliphatic rings. The van der Waals surface area contributed by atoms with E-state index in [1.165, 1.54) is 32.1 Å². The van der Waals surface area contributed by atoms with Gasteiger partial charge in [0, 0.05) is 5.54 Å². The van der Waals surface area contributed by atoms with Crippen molar-refractivity contribution in [2.45, 2.75) is 70.8 Å². The number of hydrogen-bond donors (Lipinski definition) is 1. The maximum absolute atomic E-state index is 11.1. The minimum atomic E-state index is -0.646. The third-order valence-corrected chi connectivity index (χ3v) is 4.35. The van der Waals surface area contributed by atoms with E-state index in [1.54, 1.807) is 0 Å². The first-order valence-corrected chi connectivity index (χ1v) is 7.39. The molecule has 0 heterocycles. The van der Waals surface area contributed by atoms with Crippen molar-refractivity contribution >= 4 is 5.97 Å². The Kier molecular flexibility index (Phi) is 6.13. The second kappa shape index (κ2) is 7.13. The van der Waals surface area contributed by atoms with Crippen molar-refractivity contribution in [2.75, 3.05) is 13.6 Å². The zero-order chi connectivity index (χ0) is 13.6. The van der Waals surface area contributed by atoms with E-state index in [9.17, 15) is 4.79 Å². The van der Waals surface area contributed by atoms with Crippen LogP contribution in [-0.4, -0.2) is 35.1 Å². The largest absolute Gasteiger partial charge is 0.481 e. The normalized spacial score (nSPS) is 19.4. The Bertz CT molecular complexity index is 257. The molecule has 0 amide bonds. The molecule has 0 bridgehead atoms.